The Balaban J connectivity index is 1.64. The minimum absolute atomic E-state index is 0.0130. The number of likely N-dealkylation sites (tertiary alicyclic amines) is 1. The Morgan fingerprint density at radius 1 is 1.38 bits per heavy atom. The number of carbonyl (C=O) groups is 2. The second-order valence-electron chi connectivity index (χ2n) is 6.29. The van der Waals surface area contributed by atoms with Gasteiger partial charge in [-0.3, -0.25) is 19.5 Å². The quantitative estimate of drug-likeness (QED) is 0.822. The number of esters is 1. The predicted octanol–water partition coefficient (Wildman–Crippen LogP) is 1.94. The molecule has 26 heavy (non-hydrogen) atoms. The summed E-state index contributed by atoms with van der Waals surface area (Å²) in [6.45, 7) is 2.79. The number of nitrogens with zero attached hydrogens (tertiary/aromatic N) is 5. The highest BCUT2D eigenvalue weighted by molar-refractivity contribution is 5.88. The Kier molecular flexibility index (Phi) is 5.55. The first-order valence-electron chi connectivity index (χ1n) is 8.82. The van der Waals surface area contributed by atoms with Crippen molar-refractivity contribution in [1.82, 2.24) is 24.5 Å². The molecule has 0 bridgehead atoms. The number of rotatable bonds is 5. The van der Waals surface area contributed by atoms with Crippen LogP contribution in [0.15, 0.2) is 24.7 Å². The van der Waals surface area contributed by atoms with Crippen LogP contribution in [0.5, 0.6) is 0 Å². The van der Waals surface area contributed by atoms with Crippen LogP contribution in [0.25, 0.3) is 0 Å². The van der Waals surface area contributed by atoms with E-state index in [2.05, 4.69) is 15.5 Å². The standard InChI is InChI=1S/C17H24N6O3/c1-3-26-16(24)12-22-9-7-15(20-22)19-17(25)23-8-5-4-6-14(23)13-10-18-21(2)11-13/h7,9-11,14H,3-6,8,12H2,1-2H3,(H,19,20,25). The maximum atomic E-state index is 12.7. The number of carbonyl (C=O) groups excluding carboxylic acids is 2. The number of nitrogens with one attached hydrogen (secondary N) is 1. The molecule has 0 saturated carbocycles. The van der Waals surface area contributed by atoms with Crippen LogP contribution in [0, 0.1) is 0 Å². The van der Waals surface area contributed by atoms with Crippen molar-refractivity contribution in [2.45, 2.75) is 38.8 Å². The molecular weight excluding hydrogens is 336 g/mol. The number of amides is 2. The van der Waals surface area contributed by atoms with Gasteiger partial charge in [-0.25, -0.2) is 4.79 Å². The molecule has 0 radical (unpaired) electrons. The van der Waals surface area contributed by atoms with Crippen molar-refractivity contribution in [3.05, 3.63) is 30.2 Å². The van der Waals surface area contributed by atoms with Gasteiger partial charge < -0.3 is 9.64 Å². The molecule has 2 aromatic heterocycles. The summed E-state index contributed by atoms with van der Waals surface area (Å²) in [7, 11) is 1.87. The minimum atomic E-state index is -0.360. The van der Waals surface area contributed by atoms with Crippen molar-refractivity contribution in [3.8, 4) is 0 Å². The van der Waals surface area contributed by atoms with E-state index in [1.54, 1.807) is 23.9 Å². The van der Waals surface area contributed by atoms with Crippen LogP contribution in [-0.2, 0) is 23.1 Å². The summed E-state index contributed by atoms with van der Waals surface area (Å²) in [6.07, 6.45) is 8.37. The Morgan fingerprint density at radius 2 is 2.23 bits per heavy atom. The number of urea groups is 1. The van der Waals surface area contributed by atoms with Crippen molar-refractivity contribution in [2.24, 2.45) is 7.05 Å². The summed E-state index contributed by atoms with van der Waals surface area (Å²) < 4.78 is 8.09. The van der Waals surface area contributed by atoms with Gasteiger partial charge in [0, 0.05) is 37.6 Å². The lowest BCUT2D eigenvalue weighted by atomic mass is 9.98. The fourth-order valence-electron chi connectivity index (χ4n) is 3.17. The molecule has 1 aliphatic rings. The highest BCUT2D eigenvalue weighted by Crippen LogP contribution is 2.31. The third-order valence-corrected chi connectivity index (χ3v) is 4.35. The highest BCUT2D eigenvalue weighted by atomic mass is 16.5. The van der Waals surface area contributed by atoms with Gasteiger partial charge in [0.05, 0.1) is 18.8 Å². The SMILES string of the molecule is CCOC(=O)Cn1ccc(NC(=O)N2CCCCC2c2cnn(C)c2)n1. The molecule has 3 rings (SSSR count). The van der Waals surface area contributed by atoms with E-state index >= 15 is 0 Å². The molecule has 9 nitrogen and oxygen atoms in total. The fraction of sp³-hybridized carbons (Fsp3) is 0.529. The van der Waals surface area contributed by atoms with Crippen LogP contribution in [-0.4, -0.2) is 49.6 Å². The number of aromatic nitrogens is 4. The molecular formula is C17H24N6O3. The zero-order valence-corrected chi connectivity index (χ0v) is 15.1. The third kappa shape index (κ3) is 4.22. The van der Waals surface area contributed by atoms with Crippen molar-refractivity contribution < 1.29 is 14.3 Å². The highest BCUT2D eigenvalue weighted by Gasteiger charge is 2.29. The topological polar surface area (TPSA) is 94.3 Å². The Morgan fingerprint density at radius 3 is 2.96 bits per heavy atom. The molecule has 1 N–H and O–H groups in total. The first kappa shape index (κ1) is 18.0. The van der Waals surface area contributed by atoms with E-state index in [1.165, 1.54) is 4.68 Å². The van der Waals surface area contributed by atoms with Crippen LogP contribution in [0.2, 0.25) is 0 Å². The summed E-state index contributed by atoms with van der Waals surface area (Å²) >= 11 is 0. The number of aryl methyl sites for hydroxylation is 1. The molecule has 1 saturated heterocycles. The van der Waals surface area contributed by atoms with Gasteiger partial charge in [0.2, 0.25) is 0 Å². The zero-order valence-electron chi connectivity index (χ0n) is 15.1. The lowest BCUT2D eigenvalue weighted by Gasteiger charge is -2.35. The third-order valence-electron chi connectivity index (χ3n) is 4.35. The molecule has 2 amide bonds. The molecule has 2 aromatic rings. The molecule has 3 heterocycles. The fourth-order valence-corrected chi connectivity index (χ4v) is 3.17. The normalized spacial score (nSPS) is 17.2. The molecule has 9 heteroatoms. The average Bonchev–Trinajstić information content (AvgIpc) is 3.24. The van der Waals surface area contributed by atoms with E-state index in [9.17, 15) is 9.59 Å². The summed E-state index contributed by atoms with van der Waals surface area (Å²) in [6, 6.07) is 1.49. The van der Waals surface area contributed by atoms with Gasteiger partial charge in [-0.05, 0) is 26.2 Å². The van der Waals surface area contributed by atoms with Crippen molar-refractivity contribution in [2.75, 3.05) is 18.5 Å². The van der Waals surface area contributed by atoms with Gasteiger partial charge >= 0.3 is 12.0 Å². The van der Waals surface area contributed by atoms with Crippen molar-refractivity contribution in [3.63, 3.8) is 0 Å². The van der Waals surface area contributed by atoms with Gasteiger partial charge in [0.15, 0.2) is 5.82 Å². The largest absolute Gasteiger partial charge is 0.465 e. The number of piperidine rings is 1. The summed E-state index contributed by atoms with van der Waals surface area (Å²) in [5.41, 5.74) is 1.04. The Hall–Kier alpha value is -2.84. The first-order chi connectivity index (χ1) is 12.6. The van der Waals surface area contributed by atoms with E-state index in [0.717, 1.165) is 24.8 Å². The number of anilines is 1. The zero-order chi connectivity index (χ0) is 18.5. The molecule has 1 aliphatic heterocycles. The first-order valence-corrected chi connectivity index (χ1v) is 8.82. The summed E-state index contributed by atoms with van der Waals surface area (Å²) in [5.74, 6) is 0.0518. The second-order valence-corrected chi connectivity index (χ2v) is 6.29. The van der Waals surface area contributed by atoms with Crippen LogP contribution in [0.4, 0.5) is 10.6 Å². The molecule has 1 unspecified atom stereocenters. The lowest BCUT2D eigenvalue weighted by molar-refractivity contribution is -0.144. The molecule has 0 aliphatic carbocycles. The maximum absolute atomic E-state index is 12.7. The van der Waals surface area contributed by atoms with E-state index in [4.69, 9.17) is 4.74 Å². The monoisotopic (exact) mass is 360 g/mol. The van der Waals surface area contributed by atoms with E-state index < -0.39 is 0 Å². The van der Waals surface area contributed by atoms with Crippen LogP contribution >= 0.6 is 0 Å². The summed E-state index contributed by atoms with van der Waals surface area (Å²) in [4.78, 5) is 26.1. The number of ether oxygens (including phenoxy) is 1. The number of hydrogen-bond donors (Lipinski definition) is 1. The van der Waals surface area contributed by atoms with Gasteiger partial charge in [-0.2, -0.15) is 10.2 Å². The lowest BCUT2D eigenvalue weighted by Crippen LogP contribution is -2.41. The summed E-state index contributed by atoms with van der Waals surface area (Å²) in [5, 5.41) is 11.2. The smallest absolute Gasteiger partial charge is 0.327 e. The van der Waals surface area contributed by atoms with Crippen LogP contribution in [0.1, 0.15) is 37.8 Å². The van der Waals surface area contributed by atoms with Gasteiger partial charge in [0.1, 0.15) is 6.54 Å². The van der Waals surface area contributed by atoms with E-state index in [0.29, 0.717) is 19.0 Å². The molecule has 1 atom stereocenters. The molecule has 140 valence electrons. The van der Waals surface area contributed by atoms with Crippen LogP contribution < -0.4 is 5.32 Å². The van der Waals surface area contributed by atoms with Crippen LogP contribution in [0.3, 0.4) is 0 Å². The van der Waals surface area contributed by atoms with Crippen molar-refractivity contribution in [1.29, 1.82) is 0 Å². The van der Waals surface area contributed by atoms with Gasteiger partial charge in [-0.1, -0.05) is 0 Å². The Bertz CT molecular complexity index is 768. The van der Waals surface area contributed by atoms with Gasteiger partial charge in [0.25, 0.3) is 0 Å². The minimum Gasteiger partial charge on any atom is -0.465 e. The predicted molar refractivity (Wildman–Crippen MR) is 94.4 cm³/mol. The average molecular weight is 360 g/mol. The Labute approximate surface area is 151 Å². The molecule has 0 spiro atoms. The molecule has 0 aromatic carbocycles. The van der Waals surface area contributed by atoms with E-state index in [-0.39, 0.29) is 24.6 Å². The van der Waals surface area contributed by atoms with Gasteiger partial charge in [-0.15, -0.1) is 0 Å². The maximum Gasteiger partial charge on any atom is 0.327 e. The van der Waals surface area contributed by atoms with Crippen molar-refractivity contribution >= 4 is 17.8 Å². The van der Waals surface area contributed by atoms with E-state index in [1.807, 2.05) is 24.3 Å². The number of hydrogen-bond acceptors (Lipinski definition) is 5. The second kappa shape index (κ2) is 8.03. The molecule has 1 fully saturated rings.